The highest BCUT2D eigenvalue weighted by Gasteiger charge is 2.14. The third-order valence-corrected chi connectivity index (χ3v) is 1.44. The lowest BCUT2D eigenvalue weighted by Crippen LogP contribution is -2.04. The van der Waals surface area contributed by atoms with Gasteiger partial charge in [0.1, 0.15) is 12.2 Å². The topological polar surface area (TPSA) is 41.6 Å². The number of rotatable bonds is 2. The average Bonchev–Trinajstić information content (AvgIpc) is 1.99. The fraction of sp³-hybridized carbons (Fsp3) is 0.125. The molecular formula is C8H6F3O2+. The molecule has 0 aliphatic rings. The van der Waals surface area contributed by atoms with Crippen LogP contribution in [0.15, 0.2) is 12.1 Å². The molecule has 0 saturated heterocycles. The number of carboxylic acid groups (broad SMARTS) is 1. The van der Waals surface area contributed by atoms with Crippen molar-refractivity contribution >= 4 is 5.97 Å². The Labute approximate surface area is 71.6 Å². The van der Waals surface area contributed by atoms with Crippen LogP contribution < -0.4 is 0 Å². The number of hydrogen-bond acceptors (Lipinski definition) is 0. The molecule has 0 heterocycles. The summed E-state index contributed by atoms with van der Waals surface area (Å²) in [5.41, 5.74) is -0.307. The van der Waals surface area contributed by atoms with Gasteiger partial charge in [0.2, 0.25) is 0 Å². The highest BCUT2D eigenvalue weighted by molar-refractivity contribution is 5.71. The Kier molecular flexibility index (Phi) is 2.55. The van der Waals surface area contributed by atoms with Gasteiger partial charge >= 0.3 is 5.97 Å². The minimum absolute atomic E-state index is 0.307. The van der Waals surface area contributed by atoms with Gasteiger partial charge in [0.15, 0.2) is 11.6 Å². The van der Waals surface area contributed by atoms with Crippen LogP contribution in [0, 0.1) is 17.5 Å². The van der Waals surface area contributed by atoms with Crippen molar-refractivity contribution in [2.24, 2.45) is 0 Å². The molecule has 5 heteroatoms. The van der Waals surface area contributed by atoms with E-state index in [0.29, 0.717) is 12.1 Å². The Morgan fingerprint density at radius 3 is 2.23 bits per heavy atom. The molecule has 1 aromatic rings. The van der Waals surface area contributed by atoms with Gasteiger partial charge in [-0.05, 0) is 6.07 Å². The smallest absolute Gasteiger partial charge is 0.339 e. The van der Waals surface area contributed by atoms with Gasteiger partial charge in [-0.15, -0.1) is 0 Å². The molecule has 0 fully saturated rings. The van der Waals surface area contributed by atoms with Crippen LogP contribution in [0.3, 0.4) is 0 Å². The number of hydrogen-bond donors (Lipinski definition) is 1. The van der Waals surface area contributed by atoms with Crippen molar-refractivity contribution in [1.29, 1.82) is 0 Å². The molecule has 0 aliphatic carbocycles. The van der Waals surface area contributed by atoms with Crippen LogP contribution in [0.25, 0.3) is 0 Å². The van der Waals surface area contributed by atoms with Gasteiger partial charge < -0.3 is 9.90 Å². The Morgan fingerprint density at radius 2 is 1.69 bits per heavy atom. The van der Waals surface area contributed by atoms with Crippen LogP contribution in [0.5, 0.6) is 0 Å². The lowest BCUT2D eigenvalue weighted by atomic mass is 10.1. The van der Waals surface area contributed by atoms with E-state index in [1.54, 1.807) is 0 Å². The summed E-state index contributed by atoms with van der Waals surface area (Å²) in [6, 6.07) is 0.935. The predicted octanol–water partition coefficient (Wildman–Crippen LogP) is 1.71. The second-order valence-electron chi connectivity index (χ2n) is 2.45. The first-order valence-corrected chi connectivity index (χ1v) is 3.38. The standard InChI is InChI=1S/C8H5F3O2/c9-5-3-7(11)6(10)1-4(5)2-8(12)13/h1,3H,2H2,(H,12,13)/p+1. The highest BCUT2D eigenvalue weighted by atomic mass is 19.2. The molecule has 2 N–H and O–H groups in total. The summed E-state index contributed by atoms with van der Waals surface area (Å²) in [5, 5.41) is 8.38. The fourth-order valence-electron chi connectivity index (χ4n) is 0.870. The van der Waals surface area contributed by atoms with Gasteiger partial charge in [-0.3, -0.25) is 0 Å². The average molecular weight is 191 g/mol. The summed E-state index contributed by atoms with van der Waals surface area (Å²) >= 11 is 0. The third kappa shape index (κ3) is 2.21. The summed E-state index contributed by atoms with van der Waals surface area (Å²) < 4.78 is 37.6. The Hall–Kier alpha value is -1.52. The lowest BCUT2D eigenvalue weighted by Gasteiger charge is -1.98. The maximum atomic E-state index is 12.7. The van der Waals surface area contributed by atoms with E-state index in [-0.39, 0.29) is 5.56 Å². The fourth-order valence-corrected chi connectivity index (χ4v) is 0.870. The van der Waals surface area contributed by atoms with Crippen molar-refractivity contribution in [1.82, 2.24) is 0 Å². The van der Waals surface area contributed by atoms with Gasteiger partial charge in [0.25, 0.3) is 0 Å². The van der Waals surface area contributed by atoms with Crippen LogP contribution in [0.4, 0.5) is 13.2 Å². The number of aliphatic carboxylic acids is 1. The summed E-state index contributed by atoms with van der Waals surface area (Å²) in [4.78, 5) is 8.38. The van der Waals surface area contributed by atoms with Crippen LogP contribution in [-0.4, -0.2) is 15.9 Å². The first kappa shape index (κ1) is 9.57. The van der Waals surface area contributed by atoms with Crippen molar-refractivity contribution in [3.8, 4) is 0 Å². The minimum Gasteiger partial charge on any atom is -0.339 e. The third-order valence-electron chi connectivity index (χ3n) is 1.44. The number of aliphatic hydroxyl groups excluding tert-OH is 1. The molecule has 2 nitrogen and oxygen atoms in total. The zero-order valence-electron chi connectivity index (χ0n) is 6.39. The second kappa shape index (κ2) is 3.47. The summed E-state index contributed by atoms with van der Waals surface area (Å²) in [5.74, 6) is -4.60. The first-order valence-electron chi connectivity index (χ1n) is 3.38. The molecule has 1 aromatic carbocycles. The minimum atomic E-state index is -1.31. The van der Waals surface area contributed by atoms with Gasteiger partial charge in [-0.2, -0.15) is 0 Å². The largest absolute Gasteiger partial charge is 0.485 e. The summed E-state index contributed by atoms with van der Waals surface area (Å²) in [7, 11) is 0. The molecule has 0 bridgehead atoms. The molecule has 0 amide bonds. The molecule has 0 saturated carbocycles. The zero-order valence-corrected chi connectivity index (χ0v) is 6.39. The van der Waals surface area contributed by atoms with E-state index >= 15 is 0 Å². The summed E-state index contributed by atoms with van der Waals surface area (Å²) in [6.45, 7) is 0. The Bertz CT molecular complexity index is 349. The zero-order chi connectivity index (χ0) is 10.0. The predicted molar refractivity (Wildman–Crippen MR) is 39.6 cm³/mol. The lowest BCUT2D eigenvalue weighted by molar-refractivity contribution is 0.441. The van der Waals surface area contributed by atoms with E-state index in [1.807, 2.05) is 0 Å². The van der Waals surface area contributed by atoms with Gasteiger partial charge in [0, 0.05) is 11.6 Å². The number of carboxylic acids is 1. The van der Waals surface area contributed by atoms with Crippen LogP contribution in [-0.2, 0) is 6.42 Å². The van der Waals surface area contributed by atoms with E-state index in [1.165, 1.54) is 0 Å². The molecule has 0 aliphatic heterocycles. The van der Waals surface area contributed by atoms with E-state index in [2.05, 4.69) is 0 Å². The highest BCUT2D eigenvalue weighted by Crippen LogP contribution is 2.13. The maximum absolute atomic E-state index is 12.7. The second-order valence-corrected chi connectivity index (χ2v) is 2.45. The molecule has 70 valence electrons. The maximum Gasteiger partial charge on any atom is 0.485 e. The molecular weight excluding hydrogens is 185 g/mol. The SMILES string of the molecule is OC(=[OH+])Cc1cc(F)c(F)cc1F. The molecule has 1 rings (SSSR count). The molecule has 0 spiro atoms. The van der Waals surface area contributed by atoms with E-state index in [4.69, 9.17) is 9.90 Å². The van der Waals surface area contributed by atoms with Crippen molar-refractivity contribution in [2.45, 2.75) is 6.42 Å². The quantitative estimate of drug-likeness (QED) is 0.561. The van der Waals surface area contributed by atoms with Crippen molar-refractivity contribution in [2.75, 3.05) is 0 Å². The number of halogens is 3. The molecule has 13 heavy (non-hydrogen) atoms. The van der Waals surface area contributed by atoms with Crippen LogP contribution >= 0.6 is 0 Å². The van der Waals surface area contributed by atoms with Gasteiger partial charge in [-0.25, -0.2) is 13.2 Å². The van der Waals surface area contributed by atoms with E-state index in [0.717, 1.165) is 0 Å². The molecule has 0 atom stereocenters. The normalized spacial score (nSPS) is 10.1. The molecule has 0 unspecified atom stereocenters. The van der Waals surface area contributed by atoms with Crippen LogP contribution in [0.2, 0.25) is 0 Å². The first-order chi connectivity index (χ1) is 6.00. The van der Waals surface area contributed by atoms with Crippen LogP contribution in [0.1, 0.15) is 5.56 Å². The van der Waals surface area contributed by atoms with E-state index in [9.17, 15) is 13.2 Å². The molecule has 0 radical (unpaired) electrons. The monoisotopic (exact) mass is 191 g/mol. The number of benzene rings is 1. The van der Waals surface area contributed by atoms with Gasteiger partial charge in [-0.1, -0.05) is 0 Å². The Balaban J connectivity index is 3.08. The van der Waals surface area contributed by atoms with Crippen molar-refractivity contribution in [3.63, 3.8) is 0 Å². The Morgan fingerprint density at radius 1 is 1.15 bits per heavy atom. The molecule has 0 aromatic heterocycles. The summed E-state index contributed by atoms with van der Waals surface area (Å²) in [6.07, 6.45) is -0.553. The van der Waals surface area contributed by atoms with Crippen molar-refractivity contribution in [3.05, 3.63) is 35.1 Å². The van der Waals surface area contributed by atoms with Gasteiger partial charge in [0.05, 0.1) is 0 Å². The van der Waals surface area contributed by atoms with Crippen molar-refractivity contribution < 1.29 is 23.1 Å². The van der Waals surface area contributed by atoms with E-state index < -0.39 is 29.8 Å².